The number of likely N-dealkylation sites (tertiary alicyclic amines) is 1. The molecule has 30 heavy (non-hydrogen) atoms. The van der Waals surface area contributed by atoms with Gasteiger partial charge in [-0.25, -0.2) is 4.79 Å². The van der Waals surface area contributed by atoms with Crippen molar-refractivity contribution < 1.29 is 19.5 Å². The minimum absolute atomic E-state index is 0.109. The first-order valence-electron chi connectivity index (χ1n) is 11.0. The average molecular weight is 416 g/mol. The van der Waals surface area contributed by atoms with Gasteiger partial charge in [-0.05, 0) is 43.7 Å². The Labute approximate surface area is 178 Å². The van der Waals surface area contributed by atoms with E-state index in [1.54, 1.807) is 0 Å². The molecule has 0 bridgehead atoms. The number of rotatable bonds is 7. The minimum atomic E-state index is -1.01. The van der Waals surface area contributed by atoms with Crippen LogP contribution < -0.4 is 10.6 Å². The lowest BCUT2D eigenvalue weighted by Crippen LogP contribution is -2.58. The van der Waals surface area contributed by atoms with E-state index in [1.807, 2.05) is 49.1 Å². The summed E-state index contributed by atoms with van der Waals surface area (Å²) >= 11 is 0. The van der Waals surface area contributed by atoms with Crippen molar-refractivity contribution in [1.29, 1.82) is 0 Å². The highest BCUT2D eigenvalue weighted by Crippen LogP contribution is 2.36. The van der Waals surface area contributed by atoms with Crippen LogP contribution in [-0.2, 0) is 19.8 Å². The van der Waals surface area contributed by atoms with Gasteiger partial charge in [0.2, 0.25) is 11.8 Å². The van der Waals surface area contributed by atoms with E-state index in [-0.39, 0.29) is 23.8 Å². The average Bonchev–Trinajstić information content (AvgIpc) is 3.31. The second-order valence-electron chi connectivity index (χ2n) is 8.60. The normalized spacial score (nSPS) is 22.9. The van der Waals surface area contributed by atoms with Crippen molar-refractivity contribution in [3.63, 3.8) is 0 Å². The predicted octanol–water partition coefficient (Wildman–Crippen LogP) is 1.91. The fourth-order valence-corrected chi connectivity index (χ4v) is 4.59. The van der Waals surface area contributed by atoms with E-state index in [1.165, 1.54) is 0 Å². The number of piperidine rings is 1. The molecule has 0 spiro atoms. The number of carboxylic acids is 1. The van der Waals surface area contributed by atoms with Crippen LogP contribution in [0.4, 0.5) is 0 Å². The number of hydrogen-bond acceptors (Lipinski definition) is 4. The fraction of sp³-hybridized carbons (Fsp3) is 0.609. The highest BCUT2D eigenvalue weighted by Gasteiger charge is 2.45. The van der Waals surface area contributed by atoms with Crippen molar-refractivity contribution in [2.24, 2.45) is 5.92 Å². The summed E-state index contributed by atoms with van der Waals surface area (Å²) in [6, 6.07) is 8.50. The van der Waals surface area contributed by atoms with E-state index in [0.717, 1.165) is 24.9 Å². The monoisotopic (exact) mass is 415 g/mol. The molecule has 1 aromatic carbocycles. The maximum Gasteiger partial charge on any atom is 0.326 e. The Morgan fingerprint density at radius 3 is 2.43 bits per heavy atom. The van der Waals surface area contributed by atoms with Gasteiger partial charge in [0.15, 0.2) is 0 Å². The first kappa shape index (κ1) is 22.3. The zero-order valence-electron chi connectivity index (χ0n) is 17.9. The molecule has 3 atom stereocenters. The van der Waals surface area contributed by atoms with Crippen LogP contribution in [-0.4, -0.2) is 59.5 Å². The quantitative estimate of drug-likeness (QED) is 0.632. The van der Waals surface area contributed by atoms with Crippen LogP contribution in [0.2, 0.25) is 0 Å². The molecule has 0 aromatic heterocycles. The molecule has 0 saturated carbocycles. The number of amides is 2. The van der Waals surface area contributed by atoms with Gasteiger partial charge in [-0.15, -0.1) is 0 Å². The highest BCUT2D eigenvalue weighted by molar-refractivity contribution is 5.92. The maximum atomic E-state index is 13.5. The summed E-state index contributed by atoms with van der Waals surface area (Å²) in [6.07, 6.45) is 3.48. The van der Waals surface area contributed by atoms with Crippen LogP contribution in [0.5, 0.6) is 0 Å². The molecule has 3 rings (SSSR count). The maximum absolute atomic E-state index is 13.5. The van der Waals surface area contributed by atoms with Crippen molar-refractivity contribution in [1.82, 2.24) is 15.5 Å². The third-order valence-electron chi connectivity index (χ3n) is 6.81. The Kier molecular flexibility index (Phi) is 7.13. The van der Waals surface area contributed by atoms with Crippen molar-refractivity contribution in [2.45, 2.75) is 63.5 Å². The van der Waals surface area contributed by atoms with E-state index in [2.05, 4.69) is 10.6 Å². The Morgan fingerprint density at radius 1 is 1.23 bits per heavy atom. The number of hydrogen-bond donors (Lipinski definition) is 3. The number of nitrogens with one attached hydrogen (secondary N) is 2. The molecule has 2 saturated heterocycles. The smallest absolute Gasteiger partial charge is 0.326 e. The van der Waals surface area contributed by atoms with Gasteiger partial charge in [0.1, 0.15) is 6.04 Å². The van der Waals surface area contributed by atoms with E-state index in [0.29, 0.717) is 32.4 Å². The summed E-state index contributed by atoms with van der Waals surface area (Å²) in [5.74, 6) is -1.33. The van der Waals surface area contributed by atoms with Gasteiger partial charge in [0, 0.05) is 13.1 Å². The van der Waals surface area contributed by atoms with Crippen LogP contribution in [0.3, 0.4) is 0 Å². The number of nitrogens with zero attached hydrogens (tertiary/aromatic N) is 1. The molecule has 7 nitrogen and oxygen atoms in total. The van der Waals surface area contributed by atoms with E-state index in [9.17, 15) is 19.5 Å². The summed E-state index contributed by atoms with van der Waals surface area (Å²) in [5.41, 5.74) is 0.0457. The zero-order chi connectivity index (χ0) is 21.7. The summed E-state index contributed by atoms with van der Waals surface area (Å²) in [5, 5.41) is 15.7. The van der Waals surface area contributed by atoms with Gasteiger partial charge in [-0.3, -0.25) is 9.59 Å². The van der Waals surface area contributed by atoms with Crippen molar-refractivity contribution in [3.8, 4) is 0 Å². The summed E-state index contributed by atoms with van der Waals surface area (Å²) in [7, 11) is 0. The molecule has 2 heterocycles. The van der Waals surface area contributed by atoms with E-state index >= 15 is 0 Å². The molecule has 164 valence electrons. The van der Waals surface area contributed by atoms with Gasteiger partial charge in [-0.2, -0.15) is 0 Å². The summed E-state index contributed by atoms with van der Waals surface area (Å²) < 4.78 is 0. The van der Waals surface area contributed by atoms with Crippen LogP contribution in [0, 0.1) is 5.92 Å². The Morgan fingerprint density at radius 2 is 1.90 bits per heavy atom. The molecule has 0 radical (unpaired) electrons. The SMILES string of the molecule is CCC(C)[C@H](NC(=O)C1(c2ccccc2)CCN(C(=O)[C@@H]2CCCN2)CC1)C(=O)O. The van der Waals surface area contributed by atoms with E-state index < -0.39 is 17.4 Å². The van der Waals surface area contributed by atoms with Gasteiger partial charge >= 0.3 is 5.97 Å². The second kappa shape index (κ2) is 9.60. The lowest BCUT2D eigenvalue weighted by Gasteiger charge is -2.42. The van der Waals surface area contributed by atoms with Crippen molar-refractivity contribution >= 4 is 17.8 Å². The lowest BCUT2D eigenvalue weighted by molar-refractivity contribution is -0.145. The van der Waals surface area contributed by atoms with Crippen molar-refractivity contribution in [3.05, 3.63) is 35.9 Å². The number of carbonyl (C=O) groups excluding carboxylic acids is 2. The molecular formula is C23H33N3O4. The molecule has 3 N–H and O–H groups in total. The van der Waals surface area contributed by atoms with Gasteiger partial charge in [0.05, 0.1) is 11.5 Å². The molecule has 2 amide bonds. The first-order chi connectivity index (χ1) is 14.4. The predicted molar refractivity (Wildman–Crippen MR) is 114 cm³/mol. The van der Waals surface area contributed by atoms with Gasteiger partial charge in [0.25, 0.3) is 0 Å². The molecule has 0 aliphatic carbocycles. The van der Waals surface area contributed by atoms with Gasteiger partial charge < -0.3 is 20.6 Å². The van der Waals surface area contributed by atoms with E-state index in [4.69, 9.17) is 0 Å². The van der Waals surface area contributed by atoms with Crippen LogP contribution in [0.25, 0.3) is 0 Å². The molecule has 2 fully saturated rings. The minimum Gasteiger partial charge on any atom is -0.480 e. The first-order valence-corrected chi connectivity index (χ1v) is 11.0. The standard InChI is InChI=1S/C23H33N3O4/c1-3-16(2)19(21(28)29)25-22(30)23(17-8-5-4-6-9-17)11-14-26(15-12-23)20(27)18-10-7-13-24-18/h4-6,8-9,16,18-19,24H,3,7,10-15H2,1-2H3,(H,25,30)(H,28,29)/t16?,18-,19-/m0/s1. The van der Waals surface area contributed by atoms with Crippen LogP contribution in [0.1, 0.15) is 51.5 Å². The Bertz CT molecular complexity index is 753. The number of benzene rings is 1. The lowest BCUT2D eigenvalue weighted by atomic mass is 9.71. The molecule has 2 aliphatic heterocycles. The molecule has 7 heteroatoms. The van der Waals surface area contributed by atoms with Crippen molar-refractivity contribution in [2.75, 3.05) is 19.6 Å². The summed E-state index contributed by atoms with van der Waals surface area (Å²) in [6.45, 7) is 5.60. The number of carboxylic acid groups (broad SMARTS) is 1. The summed E-state index contributed by atoms with van der Waals surface area (Å²) in [4.78, 5) is 39.9. The Balaban J connectivity index is 1.80. The highest BCUT2D eigenvalue weighted by atomic mass is 16.4. The third-order valence-corrected chi connectivity index (χ3v) is 6.81. The fourth-order valence-electron chi connectivity index (χ4n) is 4.59. The largest absolute Gasteiger partial charge is 0.480 e. The number of aliphatic carboxylic acids is 1. The molecule has 1 aromatic rings. The Hall–Kier alpha value is -2.41. The third kappa shape index (κ3) is 4.51. The number of carbonyl (C=O) groups is 3. The topological polar surface area (TPSA) is 98.7 Å². The second-order valence-corrected chi connectivity index (χ2v) is 8.60. The zero-order valence-corrected chi connectivity index (χ0v) is 17.9. The molecule has 2 aliphatic rings. The van der Waals surface area contributed by atoms with Crippen LogP contribution >= 0.6 is 0 Å². The van der Waals surface area contributed by atoms with Crippen LogP contribution in [0.15, 0.2) is 30.3 Å². The van der Waals surface area contributed by atoms with Gasteiger partial charge in [-0.1, -0.05) is 50.6 Å². The molecular weight excluding hydrogens is 382 g/mol. The molecule has 1 unspecified atom stereocenters.